The molecular weight excluding hydrogens is 524 g/mol. The number of nitrogens with two attached hydrogens (primary N) is 2. The van der Waals surface area contributed by atoms with E-state index in [1.54, 1.807) is 33.9 Å². The second-order valence-corrected chi connectivity index (χ2v) is 12.8. The van der Waals surface area contributed by atoms with E-state index in [9.17, 15) is 14.7 Å². The van der Waals surface area contributed by atoms with E-state index in [4.69, 9.17) is 20.3 Å². The molecule has 0 fully saturated rings. The molecule has 6 N–H and O–H groups in total. The van der Waals surface area contributed by atoms with Crippen LogP contribution in [-0.2, 0) is 52.0 Å². The van der Waals surface area contributed by atoms with E-state index in [0.29, 0.717) is 18.0 Å². The lowest BCUT2D eigenvalue weighted by Crippen LogP contribution is -2.35. The first kappa shape index (κ1) is 30.4. The summed E-state index contributed by atoms with van der Waals surface area (Å²) in [6.45, 7) is 7.64. The molecule has 1 heterocycles. The zero-order valence-electron chi connectivity index (χ0n) is 22.7. The van der Waals surface area contributed by atoms with Crippen molar-refractivity contribution >= 4 is 35.3 Å². The highest BCUT2D eigenvalue weighted by Crippen LogP contribution is 2.35. The number of aryl methyl sites for hydroxylation is 2. The summed E-state index contributed by atoms with van der Waals surface area (Å²) >= 11 is 2.41. The number of fused-ring (bicyclic) bond motifs is 2. The number of carbonyl (C=O) groups is 2. The number of alkyl carbamates (subject to hydrolysis) is 1. The molecule has 11 heteroatoms. The van der Waals surface area contributed by atoms with Gasteiger partial charge in [0, 0.05) is 6.54 Å². The summed E-state index contributed by atoms with van der Waals surface area (Å²) in [5.74, 6) is -0.186. The van der Waals surface area contributed by atoms with Gasteiger partial charge in [0.25, 0.3) is 0 Å². The van der Waals surface area contributed by atoms with Crippen LogP contribution >= 0.6 is 23.3 Å². The summed E-state index contributed by atoms with van der Waals surface area (Å²) in [6, 6.07) is 2.38. The predicted octanol–water partition coefficient (Wildman–Crippen LogP) is 3.55. The summed E-state index contributed by atoms with van der Waals surface area (Å²) in [7, 11) is 0. The van der Waals surface area contributed by atoms with E-state index < -0.39 is 17.3 Å². The number of amides is 2. The van der Waals surface area contributed by atoms with Gasteiger partial charge in [0.1, 0.15) is 16.2 Å². The van der Waals surface area contributed by atoms with E-state index in [1.165, 1.54) is 64.8 Å². The number of nitrogens with zero attached hydrogens (tertiary/aromatic N) is 1. The zero-order valence-corrected chi connectivity index (χ0v) is 24.4. The van der Waals surface area contributed by atoms with E-state index in [-0.39, 0.29) is 19.1 Å². The highest BCUT2D eigenvalue weighted by molar-refractivity contribution is 7.99. The molecule has 0 saturated carbocycles. The molecule has 2 aliphatic rings. The van der Waals surface area contributed by atoms with Crippen LogP contribution in [0.15, 0.2) is 16.5 Å². The van der Waals surface area contributed by atoms with Gasteiger partial charge in [0.05, 0.1) is 30.0 Å². The Balaban J connectivity index is 0.000000219. The van der Waals surface area contributed by atoms with Gasteiger partial charge >= 0.3 is 6.09 Å². The molecule has 9 nitrogen and oxygen atoms in total. The number of benzene rings is 1. The minimum Gasteiger partial charge on any atom is -0.444 e. The lowest BCUT2D eigenvalue weighted by Gasteiger charge is -2.21. The van der Waals surface area contributed by atoms with Crippen LogP contribution < -0.4 is 16.2 Å². The monoisotopic (exact) mass is 564 g/mol. The summed E-state index contributed by atoms with van der Waals surface area (Å²) in [5.41, 5.74) is 10.8. The Morgan fingerprint density at radius 3 is 2.29 bits per heavy atom. The van der Waals surface area contributed by atoms with Gasteiger partial charge in [-0.25, -0.2) is 9.78 Å². The first-order valence-electron chi connectivity index (χ1n) is 12.9. The molecule has 0 radical (unpaired) electrons. The molecule has 38 heavy (non-hydrogen) atoms. The normalized spacial score (nSPS) is 15.6. The molecule has 1 aromatic carbocycles. The third kappa shape index (κ3) is 8.67. The summed E-state index contributed by atoms with van der Waals surface area (Å²) in [6.07, 6.45) is 8.72. The molecule has 1 atom stereocenters. The maximum atomic E-state index is 11.4. The van der Waals surface area contributed by atoms with E-state index in [2.05, 4.69) is 16.4 Å². The van der Waals surface area contributed by atoms with Gasteiger partial charge in [0.15, 0.2) is 0 Å². The van der Waals surface area contributed by atoms with E-state index in [1.807, 2.05) is 0 Å². The predicted molar refractivity (Wildman–Crippen MR) is 150 cm³/mol. The Kier molecular flexibility index (Phi) is 10.6. The SMILES string of the molecule is CC(C)(C)OC(=O)NCCOCC(C)(O)c1ncc(SN)s1.NC(=O)Cc1c2c(cc3c1CCC3)CCC2. The number of carbonyl (C=O) groups excluding carboxylic acids is 2. The van der Waals surface area contributed by atoms with Crippen LogP contribution in [0.4, 0.5) is 4.79 Å². The number of aromatic nitrogens is 1. The molecule has 4 rings (SSSR count). The van der Waals surface area contributed by atoms with Crippen molar-refractivity contribution in [1.29, 1.82) is 0 Å². The Morgan fingerprint density at radius 2 is 1.76 bits per heavy atom. The minimum atomic E-state index is -1.19. The fourth-order valence-electron chi connectivity index (χ4n) is 4.76. The Bertz CT molecular complexity index is 1100. The van der Waals surface area contributed by atoms with Crippen molar-refractivity contribution < 1.29 is 24.2 Å². The van der Waals surface area contributed by atoms with Crippen molar-refractivity contribution in [1.82, 2.24) is 10.3 Å². The van der Waals surface area contributed by atoms with Gasteiger partial charge in [-0.2, -0.15) is 0 Å². The molecule has 0 saturated heterocycles. The Labute approximate surface area is 233 Å². The molecule has 2 aliphatic carbocycles. The van der Waals surface area contributed by atoms with E-state index >= 15 is 0 Å². The second-order valence-electron chi connectivity index (χ2n) is 10.8. The fourth-order valence-corrected chi connectivity index (χ4v) is 5.98. The lowest BCUT2D eigenvalue weighted by molar-refractivity contribution is -0.117. The average molecular weight is 565 g/mol. The molecule has 0 aliphatic heterocycles. The molecule has 0 bridgehead atoms. The third-order valence-electron chi connectivity index (χ3n) is 6.31. The lowest BCUT2D eigenvalue weighted by atomic mass is 9.92. The van der Waals surface area contributed by atoms with Crippen molar-refractivity contribution in [2.45, 2.75) is 88.1 Å². The van der Waals surface area contributed by atoms with Crippen LogP contribution in [0.3, 0.4) is 0 Å². The van der Waals surface area contributed by atoms with Gasteiger partial charge in [-0.15, -0.1) is 11.3 Å². The fraction of sp³-hybridized carbons (Fsp3) is 0.593. The smallest absolute Gasteiger partial charge is 0.407 e. The molecule has 1 unspecified atom stereocenters. The van der Waals surface area contributed by atoms with Crippen molar-refractivity contribution in [3.8, 4) is 0 Å². The van der Waals surface area contributed by atoms with Crippen LogP contribution in [0.25, 0.3) is 0 Å². The number of nitrogens with one attached hydrogen (secondary N) is 1. The van der Waals surface area contributed by atoms with Crippen LogP contribution in [0.5, 0.6) is 0 Å². The van der Waals surface area contributed by atoms with Gasteiger partial charge in [-0.05, 0) is 106 Å². The quantitative estimate of drug-likeness (QED) is 0.267. The summed E-state index contributed by atoms with van der Waals surface area (Å²) in [5, 5.41) is 18.9. The van der Waals surface area contributed by atoms with Gasteiger partial charge in [-0.3, -0.25) is 9.93 Å². The average Bonchev–Trinajstić information content (AvgIpc) is 3.58. The molecular formula is C27H40N4O5S2. The second kappa shape index (κ2) is 13.3. The van der Waals surface area contributed by atoms with Gasteiger partial charge < -0.3 is 25.6 Å². The van der Waals surface area contributed by atoms with Crippen LogP contribution in [0.2, 0.25) is 0 Å². The summed E-state index contributed by atoms with van der Waals surface area (Å²) < 4.78 is 11.3. The molecule has 1 aromatic heterocycles. The zero-order chi connectivity index (χ0) is 27.9. The highest BCUT2D eigenvalue weighted by Gasteiger charge is 2.27. The van der Waals surface area contributed by atoms with Crippen LogP contribution in [0.1, 0.15) is 73.4 Å². The molecule has 2 aromatic rings. The number of primary amides is 1. The maximum absolute atomic E-state index is 11.4. The molecule has 2 amide bonds. The van der Waals surface area contributed by atoms with Crippen LogP contribution in [-0.4, -0.2) is 47.5 Å². The van der Waals surface area contributed by atoms with Crippen molar-refractivity contribution in [2.24, 2.45) is 10.9 Å². The molecule has 0 spiro atoms. The number of thiazole rings is 1. The Hall–Kier alpha value is -2.18. The number of hydrogen-bond acceptors (Lipinski definition) is 9. The minimum absolute atomic E-state index is 0.0746. The standard InChI is InChI=1S/C14H17NO.C13H23N3O4S2/c15-14(16)8-13-11-5-1-3-9(11)7-10-4-2-6-12(10)13;1-12(2,3)20-11(17)15-5-6-19-8-13(4,18)10-16-7-9(21-10)22-14/h7H,1-6,8H2,(H2,15,16);7,18H,5-6,8,14H2,1-4H3,(H,15,17). The first-order valence-corrected chi connectivity index (χ1v) is 14.6. The number of aliphatic hydroxyl groups is 1. The first-order chi connectivity index (χ1) is 17.9. The Morgan fingerprint density at radius 1 is 1.13 bits per heavy atom. The summed E-state index contributed by atoms with van der Waals surface area (Å²) in [4.78, 5) is 26.7. The van der Waals surface area contributed by atoms with Crippen molar-refractivity contribution in [2.75, 3.05) is 19.8 Å². The number of rotatable bonds is 9. The number of ether oxygens (including phenoxy) is 2. The van der Waals surface area contributed by atoms with Crippen molar-refractivity contribution in [3.63, 3.8) is 0 Å². The van der Waals surface area contributed by atoms with Crippen LogP contribution in [0, 0.1) is 0 Å². The van der Waals surface area contributed by atoms with Gasteiger partial charge in [0.2, 0.25) is 5.91 Å². The third-order valence-corrected chi connectivity index (χ3v) is 8.23. The molecule has 210 valence electrons. The maximum Gasteiger partial charge on any atom is 0.407 e. The highest BCUT2D eigenvalue weighted by atomic mass is 32.2. The van der Waals surface area contributed by atoms with Gasteiger partial charge in [-0.1, -0.05) is 6.07 Å². The van der Waals surface area contributed by atoms with E-state index in [0.717, 1.165) is 29.0 Å². The largest absolute Gasteiger partial charge is 0.444 e. The van der Waals surface area contributed by atoms with Crippen molar-refractivity contribution in [3.05, 3.63) is 45.1 Å². The number of hydrogen-bond donors (Lipinski definition) is 4. The topological polar surface area (TPSA) is 150 Å².